The van der Waals surface area contributed by atoms with Crippen molar-refractivity contribution in [1.29, 1.82) is 0 Å². The molecule has 1 amide bonds. The van der Waals surface area contributed by atoms with Crippen LogP contribution in [-0.2, 0) is 22.3 Å². The second kappa shape index (κ2) is 10.7. The Balaban J connectivity index is 0.00000324. The lowest BCUT2D eigenvalue weighted by molar-refractivity contribution is -0.150. The van der Waals surface area contributed by atoms with Gasteiger partial charge in [0.15, 0.2) is 0 Å². The van der Waals surface area contributed by atoms with Crippen LogP contribution in [0, 0.1) is 5.82 Å². The van der Waals surface area contributed by atoms with Gasteiger partial charge in [0.1, 0.15) is 12.4 Å². The van der Waals surface area contributed by atoms with E-state index in [1.807, 2.05) is 43.3 Å². The molecule has 0 aliphatic carbocycles. The van der Waals surface area contributed by atoms with Crippen LogP contribution in [0.4, 0.5) is 17.6 Å². The van der Waals surface area contributed by atoms with Gasteiger partial charge in [-0.25, -0.2) is 4.39 Å². The first-order valence-corrected chi connectivity index (χ1v) is 10.7. The lowest BCUT2D eigenvalue weighted by atomic mass is 9.99. The number of benzene rings is 3. The van der Waals surface area contributed by atoms with Crippen LogP contribution in [0.5, 0.6) is 0 Å². The second-order valence-electron chi connectivity index (χ2n) is 8.20. The number of alkyl halides is 3. The minimum atomic E-state index is -4.71. The van der Waals surface area contributed by atoms with E-state index in [0.717, 1.165) is 28.5 Å². The molecule has 182 valence electrons. The van der Waals surface area contributed by atoms with Gasteiger partial charge in [0.2, 0.25) is 5.91 Å². The molecule has 0 spiro atoms. The minimum absolute atomic E-state index is 0. The number of ether oxygens (including phenoxy) is 1. The smallest absolute Gasteiger partial charge is 0.365 e. The summed E-state index contributed by atoms with van der Waals surface area (Å²) in [6, 6.07) is 16.7. The highest BCUT2D eigenvalue weighted by Crippen LogP contribution is 2.33. The highest BCUT2D eigenvalue weighted by Gasteiger charge is 2.35. The molecule has 1 aliphatic rings. The zero-order valence-electron chi connectivity index (χ0n) is 18.4. The Kier molecular flexibility index (Phi) is 8.17. The number of nitrogens with zero attached hydrogens (tertiary/aromatic N) is 1. The fourth-order valence-corrected chi connectivity index (χ4v) is 4.16. The van der Waals surface area contributed by atoms with E-state index in [2.05, 4.69) is 11.4 Å². The van der Waals surface area contributed by atoms with Crippen LogP contribution in [-0.4, -0.2) is 36.6 Å². The molecule has 4 nitrogen and oxygen atoms in total. The van der Waals surface area contributed by atoms with E-state index >= 15 is 0 Å². The number of amides is 1. The Morgan fingerprint density at radius 1 is 1.12 bits per heavy atom. The van der Waals surface area contributed by atoms with Crippen LogP contribution in [0.3, 0.4) is 0 Å². The number of morpholine rings is 1. The third-order valence-corrected chi connectivity index (χ3v) is 5.90. The van der Waals surface area contributed by atoms with Crippen LogP contribution in [0.1, 0.15) is 29.7 Å². The highest BCUT2D eigenvalue weighted by atomic mass is 35.5. The van der Waals surface area contributed by atoms with Gasteiger partial charge in [-0.2, -0.15) is 13.2 Å². The molecule has 34 heavy (non-hydrogen) atoms. The maximum Gasteiger partial charge on any atom is 0.416 e. The second-order valence-corrected chi connectivity index (χ2v) is 8.20. The van der Waals surface area contributed by atoms with Gasteiger partial charge in [0.25, 0.3) is 0 Å². The molecular weight excluding hydrogens is 472 g/mol. The van der Waals surface area contributed by atoms with Gasteiger partial charge < -0.3 is 15.0 Å². The molecule has 1 N–H and O–H groups in total. The predicted octanol–water partition coefficient (Wildman–Crippen LogP) is 5.50. The lowest BCUT2D eigenvalue weighted by Crippen LogP contribution is -2.49. The minimum Gasteiger partial charge on any atom is -0.365 e. The lowest BCUT2D eigenvalue weighted by Gasteiger charge is -2.34. The molecule has 3 aromatic rings. The average Bonchev–Trinajstić information content (AvgIpc) is 2.79. The fraction of sp³-hybridized carbons (Fsp3) is 0.320. The van der Waals surface area contributed by atoms with Crippen molar-refractivity contribution in [1.82, 2.24) is 10.2 Å². The van der Waals surface area contributed by atoms with Crippen LogP contribution < -0.4 is 5.32 Å². The molecule has 1 saturated heterocycles. The Labute approximate surface area is 201 Å². The number of hydrogen-bond donors (Lipinski definition) is 1. The molecular formula is C25H25ClF4N2O2. The van der Waals surface area contributed by atoms with Gasteiger partial charge >= 0.3 is 6.18 Å². The quantitative estimate of drug-likeness (QED) is 0.458. The molecule has 0 saturated carbocycles. The molecule has 0 radical (unpaired) electrons. The monoisotopic (exact) mass is 496 g/mol. The van der Waals surface area contributed by atoms with Gasteiger partial charge in [-0.15, -0.1) is 12.4 Å². The standard InChI is InChI=1S/C25H24F4N2O2.ClH/c1-16(21-8-4-6-17-5-2-3-7-22(17)21)30-12-20-14-31(24(32)15-33-20)13-18-9-10-19(26)11-23(18)25(27,28)29;/h2-11,16,20,30H,12-15H2,1H3;1H/t16-,20?;/m1./s1. The van der Waals surface area contributed by atoms with Crippen molar-refractivity contribution in [2.45, 2.75) is 31.8 Å². The molecule has 0 bridgehead atoms. The number of carbonyl (C=O) groups excluding carboxylic acids is 1. The van der Waals surface area contributed by atoms with E-state index in [-0.39, 0.29) is 49.8 Å². The molecule has 1 fully saturated rings. The molecule has 0 aromatic heterocycles. The van der Waals surface area contributed by atoms with E-state index in [9.17, 15) is 22.4 Å². The predicted molar refractivity (Wildman–Crippen MR) is 124 cm³/mol. The van der Waals surface area contributed by atoms with E-state index < -0.39 is 23.5 Å². The Hall–Kier alpha value is -2.68. The van der Waals surface area contributed by atoms with Crippen molar-refractivity contribution in [3.63, 3.8) is 0 Å². The number of hydrogen-bond acceptors (Lipinski definition) is 3. The van der Waals surface area contributed by atoms with E-state index in [4.69, 9.17) is 4.74 Å². The van der Waals surface area contributed by atoms with Crippen molar-refractivity contribution in [2.75, 3.05) is 19.7 Å². The molecule has 1 aliphatic heterocycles. The number of halogens is 5. The Morgan fingerprint density at radius 3 is 2.62 bits per heavy atom. The highest BCUT2D eigenvalue weighted by molar-refractivity contribution is 5.86. The first-order chi connectivity index (χ1) is 15.7. The van der Waals surface area contributed by atoms with Crippen molar-refractivity contribution < 1.29 is 27.1 Å². The SMILES string of the molecule is C[C@@H](NCC1CN(Cc2ccc(F)cc2C(F)(F)F)C(=O)CO1)c1cccc2ccccc12.Cl. The molecule has 1 heterocycles. The third kappa shape index (κ3) is 5.87. The Bertz CT molecular complexity index is 1150. The molecule has 9 heteroatoms. The summed E-state index contributed by atoms with van der Waals surface area (Å²) in [4.78, 5) is 13.6. The summed E-state index contributed by atoms with van der Waals surface area (Å²) in [6.07, 6.45) is -5.09. The zero-order chi connectivity index (χ0) is 23.6. The van der Waals surface area contributed by atoms with Crippen molar-refractivity contribution in [2.24, 2.45) is 0 Å². The van der Waals surface area contributed by atoms with E-state index in [0.29, 0.717) is 12.6 Å². The normalized spacial score (nSPS) is 17.5. The number of fused-ring (bicyclic) bond motifs is 1. The Morgan fingerprint density at radius 2 is 1.85 bits per heavy atom. The largest absolute Gasteiger partial charge is 0.416 e. The molecule has 4 rings (SSSR count). The summed E-state index contributed by atoms with van der Waals surface area (Å²) in [6.45, 7) is 2.12. The van der Waals surface area contributed by atoms with Gasteiger partial charge in [0, 0.05) is 25.7 Å². The van der Waals surface area contributed by atoms with Crippen LogP contribution in [0.25, 0.3) is 10.8 Å². The fourth-order valence-electron chi connectivity index (χ4n) is 4.16. The summed E-state index contributed by atoms with van der Waals surface area (Å²) in [5, 5.41) is 5.68. The van der Waals surface area contributed by atoms with Crippen molar-refractivity contribution in [3.05, 3.63) is 83.2 Å². The third-order valence-electron chi connectivity index (χ3n) is 5.90. The van der Waals surface area contributed by atoms with Crippen LogP contribution in [0.15, 0.2) is 60.7 Å². The summed E-state index contributed by atoms with van der Waals surface area (Å²) in [5.41, 5.74) is -0.0889. The number of carbonyl (C=O) groups is 1. The summed E-state index contributed by atoms with van der Waals surface area (Å²) in [5.74, 6) is -1.37. The summed E-state index contributed by atoms with van der Waals surface area (Å²) < 4.78 is 59.0. The summed E-state index contributed by atoms with van der Waals surface area (Å²) in [7, 11) is 0. The summed E-state index contributed by atoms with van der Waals surface area (Å²) >= 11 is 0. The maximum atomic E-state index is 13.4. The van der Waals surface area contributed by atoms with Gasteiger partial charge in [0.05, 0.1) is 11.7 Å². The van der Waals surface area contributed by atoms with Crippen molar-refractivity contribution in [3.8, 4) is 0 Å². The topological polar surface area (TPSA) is 41.6 Å². The van der Waals surface area contributed by atoms with E-state index in [1.165, 1.54) is 4.90 Å². The molecule has 3 aromatic carbocycles. The van der Waals surface area contributed by atoms with Crippen LogP contribution in [0.2, 0.25) is 0 Å². The average molecular weight is 497 g/mol. The van der Waals surface area contributed by atoms with Gasteiger partial charge in [-0.3, -0.25) is 4.79 Å². The van der Waals surface area contributed by atoms with E-state index in [1.54, 1.807) is 0 Å². The van der Waals surface area contributed by atoms with Crippen LogP contribution >= 0.6 is 12.4 Å². The van der Waals surface area contributed by atoms with Crippen molar-refractivity contribution >= 4 is 29.1 Å². The molecule has 1 unspecified atom stereocenters. The first-order valence-electron chi connectivity index (χ1n) is 10.7. The number of nitrogens with one attached hydrogen (secondary N) is 1. The maximum absolute atomic E-state index is 13.4. The molecule has 2 atom stereocenters. The zero-order valence-corrected chi connectivity index (χ0v) is 19.3. The number of rotatable bonds is 6. The first kappa shape index (κ1) is 25.9. The van der Waals surface area contributed by atoms with Gasteiger partial charge in [-0.05, 0) is 41.0 Å². The van der Waals surface area contributed by atoms with Gasteiger partial charge in [-0.1, -0.05) is 48.5 Å².